The third kappa shape index (κ3) is 2.34. The molecule has 0 spiro atoms. The Morgan fingerprint density at radius 3 is 2.82 bits per heavy atom. The number of hydrogen-bond donors (Lipinski definition) is 2. The summed E-state index contributed by atoms with van der Waals surface area (Å²) in [5.74, 6) is 4.62. The third-order valence-corrected chi connectivity index (χ3v) is 2.39. The number of carbonyl (C=O) groups excluding carboxylic acids is 1. The Bertz CT molecular complexity index is 541. The maximum absolute atomic E-state index is 11.2. The molecule has 90 valence electrons. The minimum absolute atomic E-state index is 0.286. The number of nitrogens with two attached hydrogens (primary N) is 1. The highest BCUT2D eigenvalue weighted by atomic mass is 16.2. The van der Waals surface area contributed by atoms with E-state index in [1.54, 1.807) is 16.9 Å². The number of carbonyl (C=O) groups is 1. The van der Waals surface area contributed by atoms with Crippen LogP contribution in [0.15, 0.2) is 18.3 Å². The van der Waals surface area contributed by atoms with Crippen LogP contribution in [0.2, 0.25) is 0 Å². The lowest BCUT2D eigenvalue weighted by atomic mass is 10.4. The van der Waals surface area contributed by atoms with Crippen LogP contribution in [0.5, 0.6) is 0 Å². The minimum atomic E-state index is -0.405. The van der Waals surface area contributed by atoms with Gasteiger partial charge in [-0.15, -0.1) is 0 Å². The number of hydrazine groups is 1. The first-order valence-corrected chi connectivity index (χ1v) is 5.15. The van der Waals surface area contributed by atoms with Gasteiger partial charge in [0.25, 0.3) is 5.91 Å². The molecule has 2 heterocycles. The van der Waals surface area contributed by atoms with Gasteiger partial charge in [0.05, 0.1) is 5.69 Å². The van der Waals surface area contributed by atoms with Gasteiger partial charge in [-0.1, -0.05) is 0 Å². The predicted octanol–water partition coefficient (Wildman–Crippen LogP) is -0.194. The van der Waals surface area contributed by atoms with Crippen molar-refractivity contribution in [3.63, 3.8) is 0 Å². The Morgan fingerprint density at radius 1 is 1.47 bits per heavy atom. The average molecular weight is 234 g/mol. The van der Waals surface area contributed by atoms with Crippen molar-refractivity contribution in [1.82, 2.24) is 25.0 Å². The van der Waals surface area contributed by atoms with Gasteiger partial charge in [0.15, 0.2) is 5.69 Å². The first kappa shape index (κ1) is 11.3. The smallest absolute Gasteiger partial charge is 0.285 e. The fourth-order valence-corrected chi connectivity index (χ4v) is 1.59. The van der Waals surface area contributed by atoms with Crippen LogP contribution in [0.4, 0.5) is 0 Å². The maximum Gasteiger partial charge on any atom is 0.285 e. The Hall–Kier alpha value is -2.15. The van der Waals surface area contributed by atoms with Crippen LogP contribution in [0.3, 0.4) is 0 Å². The molecule has 17 heavy (non-hydrogen) atoms. The fraction of sp³-hybridized carbons (Fsp3) is 0.300. The number of aromatic nitrogens is 4. The maximum atomic E-state index is 11.2. The van der Waals surface area contributed by atoms with E-state index in [0.717, 1.165) is 11.4 Å². The van der Waals surface area contributed by atoms with Crippen molar-refractivity contribution in [2.45, 2.75) is 20.5 Å². The van der Waals surface area contributed by atoms with E-state index in [2.05, 4.69) is 10.2 Å². The quantitative estimate of drug-likeness (QED) is 0.437. The molecule has 0 unspecified atom stereocenters. The molecule has 0 atom stereocenters. The summed E-state index contributed by atoms with van der Waals surface area (Å²) in [7, 11) is 0. The Morgan fingerprint density at radius 2 is 2.24 bits per heavy atom. The lowest BCUT2D eigenvalue weighted by molar-refractivity contribution is 0.0947. The molecule has 7 nitrogen and oxygen atoms in total. The second kappa shape index (κ2) is 4.38. The number of nitrogens with one attached hydrogen (secondary N) is 1. The summed E-state index contributed by atoms with van der Waals surface area (Å²) in [4.78, 5) is 11.2. The van der Waals surface area contributed by atoms with E-state index in [9.17, 15) is 4.79 Å². The number of hydrogen-bond acceptors (Lipinski definition) is 4. The zero-order valence-electron chi connectivity index (χ0n) is 9.71. The fourth-order valence-electron chi connectivity index (χ4n) is 1.59. The number of aryl methyl sites for hydroxylation is 2. The van der Waals surface area contributed by atoms with E-state index >= 15 is 0 Å². The Labute approximate surface area is 98.2 Å². The van der Waals surface area contributed by atoms with Crippen LogP contribution < -0.4 is 11.3 Å². The summed E-state index contributed by atoms with van der Waals surface area (Å²) in [6.45, 7) is 4.37. The molecule has 0 fully saturated rings. The monoisotopic (exact) mass is 234 g/mol. The van der Waals surface area contributed by atoms with Gasteiger partial charge < -0.3 is 0 Å². The van der Waals surface area contributed by atoms with Crippen molar-refractivity contribution in [2.75, 3.05) is 0 Å². The van der Waals surface area contributed by atoms with Crippen molar-refractivity contribution >= 4 is 5.91 Å². The number of rotatable bonds is 3. The van der Waals surface area contributed by atoms with Crippen molar-refractivity contribution in [2.24, 2.45) is 5.84 Å². The van der Waals surface area contributed by atoms with E-state index in [0.29, 0.717) is 6.67 Å². The molecule has 0 saturated heterocycles. The molecule has 0 aliphatic carbocycles. The largest absolute Gasteiger partial charge is 0.289 e. The van der Waals surface area contributed by atoms with E-state index in [4.69, 9.17) is 5.84 Å². The Balaban J connectivity index is 2.17. The van der Waals surface area contributed by atoms with Crippen LogP contribution >= 0.6 is 0 Å². The van der Waals surface area contributed by atoms with Crippen LogP contribution in [0, 0.1) is 13.8 Å². The van der Waals surface area contributed by atoms with Crippen LogP contribution in [-0.2, 0) is 6.67 Å². The van der Waals surface area contributed by atoms with Crippen LogP contribution in [0.25, 0.3) is 0 Å². The van der Waals surface area contributed by atoms with Crippen LogP contribution in [0.1, 0.15) is 21.9 Å². The lowest BCUT2D eigenvalue weighted by Gasteiger charge is -2.04. The molecular formula is C10H14N6O. The SMILES string of the molecule is Cc1cc(C)n(Cn2ccc(C(=O)NN)n2)n1. The molecule has 0 saturated carbocycles. The van der Waals surface area contributed by atoms with Gasteiger partial charge in [0.2, 0.25) is 0 Å². The number of nitrogens with zero attached hydrogens (tertiary/aromatic N) is 4. The third-order valence-electron chi connectivity index (χ3n) is 2.39. The van der Waals surface area contributed by atoms with Crippen molar-refractivity contribution in [3.8, 4) is 0 Å². The van der Waals surface area contributed by atoms with E-state index in [-0.39, 0.29) is 5.69 Å². The molecule has 0 aliphatic rings. The van der Waals surface area contributed by atoms with Crippen molar-refractivity contribution < 1.29 is 4.79 Å². The molecule has 0 bridgehead atoms. The summed E-state index contributed by atoms with van der Waals surface area (Å²) in [6.07, 6.45) is 1.71. The summed E-state index contributed by atoms with van der Waals surface area (Å²) >= 11 is 0. The lowest BCUT2D eigenvalue weighted by Crippen LogP contribution is -2.30. The predicted molar refractivity (Wildman–Crippen MR) is 61.0 cm³/mol. The van der Waals surface area contributed by atoms with E-state index in [1.807, 2.05) is 30.0 Å². The van der Waals surface area contributed by atoms with Gasteiger partial charge in [-0.3, -0.25) is 14.9 Å². The zero-order chi connectivity index (χ0) is 12.4. The molecule has 3 N–H and O–H groups in total. The molecule has 2 aromatic rings. The van der Waals surface area contributed by atoms with Crippen molar-refractivity contribution in [3.05, 3.63) is 35.4 Å². The van der Waals surface area contributed by atoms with Gasteiger partial charge in [-0.2, -0.15) is 10.2 Å². The molecule has 1 amide bonds. The first-order valence-electron chi connectivity index (χ1n) is 5.15. The van der Waals surface area contributed by atoms with Crippen LogP contribution in [-0.4, -0.2) is 25.5 Å². The second-order valence-electron chi connectivity index (χ2n) is 3.78. The highest BCUT2D eigenvalue weighted by molar-refractivity contribution is 5.91. The molecule has 2 rings (SSSR count). The highest BCUT2D eigenvalue weighted by Crippen LogP contribution is 2.03. The molecule has 2 aromatic heterocycles. The summed E-state index contributed by atoms with van der Waals surface area (Å²) < 4.78 is 3.44. The normalized spacial score (nSPS) is 10.5. The average Bonchev–Trinajstić information content (AvgIpc) is 2.86. The number of amides is 1. The van der Waals surface area contributed by atoms with Crippen molar-refractivity contribution in [1.29, 1.82) is 0 Å². The summed E-state index contributed by atoms with van der Waals surface area (Å²) in [5, 5.41) is 8.40. The molecule has 7 heteroatoms. The number of nitrogen functional groups attached to an aromatic ring is 1. The summed E-state index contributed by atoms with van der Waals surface area (Å²) in [6, 6.07) is 3.59. The molecule has 0 aliphatic heterocycles. The second-order valence-corrected chi connectivity index (χ2v) is 3.78. The van der Waals surface area contributed by atoms with Gasteiger partial charge in [0.1, 0.15) is 6.67 Å². The minimum Gasteiger partial charge on any atom is -0.289 e. The van der Waals surface area contributed by atoms with E-state index in [1.165, 1.54) is 0 Å². The molecule has 0 radical (unpaired) electrons. The Kier molecular flexibility index (Phi) is 2.92. The van der Waals surface area contributed by atoms with E-state index < -0.39 is 5.91 Å². The standard InChI is InChI=1S/C10H14N6O/c1-7-5-8(2)16(13-7)6-15-4-3-9(14-15)10(17)12-11/h3-5H,6,11H2,1-2H3,(H,12,17). The first-order chi connectivity index (χ1) is 8.10. The molecular weight excluding hydrogens is 220 g/mol. The zero-order valence-corrected chi connectivity index (χ0v) is 9.71. The summed E-state index contributed by atoms with van der Waals surface area (Å²) in [5.41, 5.74) is 4.32. The van der Waals surface area contributed by atoms with Gasteiger partial charge in [-0.05, 0) is 26.0 Å². The van der Waals surface area contributed by atoms with Gasteiger partial charge in [0, 0.05) is 11.9 Å². The van der Waals surface area contributed by atoms with Gasteiger partial charge in [-0.25, -0.2) is 10.5 Å². The topological polar surface area (TPSA) is 90.8 Å². The highest BCUT2D eigenvalue weighted by Gasteiger charge is 2.08. The van der Waals surface area contributed by atoms with Gasteiger partial charge >= 0.3 is 0 Å². The molecule has 0 aromatic carbocycles.